The smallest absolute Gasteiger partial charge is 0.240 e. The van der Waals surface area contributed by atoms with E-state index in [9.17, 15) is 9.59 Å². The predicted molar refractivity (Wildman–Crippen MR) is 58.7 cm³/mol. The van der Waals surface area contributed by atoms with Gasteiger partial charge in [0, 0.05) is 19.8 Å². The zero-order valence-electron chi connectivity index (χ0n) is 9.54. The molecule has 1 fully saturated rings. The Bertz CT molecular complexity index is 262. The Labute approximate surface area is 94.9 Å². The van der Waals surface area contributed by atoms with Crippen LogP contribution in [0, 0.1) is 0 Å². The summed E-state index contributed by atoms with van der Waals surface area (Å²) in [5, 5.41) is 5.14. The lowest BCUT2D eigenvalue weighted by molar-refractivity contribution is -0.132. The second kappa shape index (κ2) is 5.81. The Hall–Kier alpha value is -1.14. The zero-order chi connectivity index (χ0) is 12.0. The molecule has 4 N–H and O–H groups in total. The van der Waals surface area contributed by atoms with Gasteiger partial charge in [0.2, 0.25) is 11.8 Å². The van der Waals surface area contributed by atoms with E-state index in [1.807, 2.05) is 6.92 Å². The van der Waals surface area contributed by atoms with Gasteiger partial charge in [-0.25, -0.2) is 0 Å². The lowest BCUT2D eigenvalue weighted by Gasteiger charge is -2.31. The van der Waals surface area contributed by atoms with E-state index in [1.54, 1.807) is 0 Å². The Balaban J connectivity index is 2.36. The first-order valence-electron chi connectivity index (χ1n) is 5.50. The van der Waals surface area contributed by atoms with E-state index >= 15 is 0 Å². The molecule has 6 nitrogen and oxygen atoms in total. The molecule has 16 heavy (non-hydrogen) atoms. The molecule has 1 aliphatic rings. The van der Waals surface area contributed by atoms with Crippen LogP contribution in [0.4, 0.5) is 0 Å². The number of ether oxygens (including phenoxy) is 1. The van der Waals surface area contributed by atoms with Crippen molar-refractivity contribution < 1.29 is 14.3 Å². The van der Waals surface area contributed by atoms with E-state index in [0.717, 1.165) is 0 Å². The van der Waals surface area contributed by atoms with Gasteiger partial charge in [0.25, 0.3) is 0 Å². The lowest BCUT2D eigenvalue weighted by Crippen LogP contribution is -2.58. The highest BCUT2D eigenvalue weighted by molar-refractivity contribution is 5.90. The van der Waals surface area contributed by atoms with Crippen LogP contribution in [0.1, 0.15) is 19.8 Å². The quantitative estimate of drug-likeness (QED) is 0.561. The summed E-state index contributed by atoms with van der Waals surface area (Å²) in [5.74, 6) is -0.478. The first-order chi connectivity index (χ1) is 7.58. The SMILES string of the molecule is CCNC(=O)CNC(=O)C1(N)CCOCC1. The molecular weight excluding hydrogens is 210 g/mol. The van der Waals surface area contributed by atoms with Crippen molar-refractivity contribution in [1.29, 1.82) is 0 Å². The number of likely N-dealkylation sites (N-methyl/N-ethyl adjacent to an activating group) is 1. The standard InChI is InChI=1S/C10H19N3O3/c1-2-12-8(14)7-13-9(15)10(11)3-5-16-6-4-10/h2-7,11H2,1H3,(H,12,14)(H,13,15). The van der Waals surface area contributed by atoms with Crippen molar-refractivity contribution in [3.63, 3.8) is 0 Å². The summed E-state index contributed by atoms with van der Waals surface area (Å²) >= 11 is 0. The summed E-state index contributed by atoms with van der Waals surface area (Å²) in [7, 11) is 0. The van der Waals surface area contributed by atoms with Crippen molar-refractivity contribution >= 4 is 11.8 Å². The minimum atomic E-state index is -0.884. The number of hydrogen-bond acceptors (Lipinski definition) is 4. The van der Waals surface area contributed by atoms with Crippen LogP contribution in [-0.4, -0.2) is 43.7 Å². The fourth-order valence-corrected chi connectivity index (χ4v) is 1.56. The molecule has 92 valence electrons. The van der Waals surface area contributed by atoms with Gasteiger partial charge >= 0.3 is 0 Å². The molecule has 2 amide bonds. The highest BCUT2D eigenvalue weighted by Gasteiger charge is 2.35. The summed E-state index contributed by atoms with van der Waals surface area (Å²) in [6.07, 6.45) is 0.989. The predicted octanol–water partition coefficient (Wildman–Crippen LogP) is -1.25. The third-order valence-electron chi connectivity index (χ3n) is 2.62. The summed E-state index contributed by atoms with van der Waals surface area (Å²) in [4.78, 5) is 22.9. The van der Waals surface area contributed by atoms with Gasteiger partial charge in [-0.05, 0) is 19.8 Å². The maximum absolute atomic E-state index is 11.8. The highest BCUT2D eigenvalue weighted by Crippen LogP contribution is 2.17. The van der Waals surface area contributed by atoms with Crippen LogP contribution < -0.4 is 16.4 Å². The average molecular weight is 229 g/mol. The van der Waals surface area contributed by atoms with E-state index in [2.05, 4.69) is 10.6 Å². The van der Waals surface area contributed by atoms with Crippen LogP contribution in [0.15, 0.2) is 0 Å². The first kappa shape index (κ1) is 12.9. The normalized spacial score (nSPS) is 18.9. The van der Waals surface area contributed by atoms with E-state index in [1.165, 1.54) is 0 Å². The van der Waals surface area contributed by atoms with Gasteiger partial charge in [-0.1, -0.05) is 0 Å². The molecule has 0 spiro atoms. The third-order valence-corrected chi connectivity index (χ3v) is 2.62. The van der Waals surface area contributed by atoms with E-state index in [4.69, 9.17) is 10.5 Å². The molecule has 1 saturated heterocycles. The molecule has 1 heterocycles. The van der Waals surface area contributed by atoms with Crippen molar-refractivity contribution in [2.24, 2.45) is 5.73 Å². The zero-order valence-corrected chi connectivity index (χ0v) is 9.54. The summed E-state index contributed by atoms with van der Waals surface area (Å²) in [6, 6.07) is 0. The van der Waals surface area contributed by atoms with Crippen molar-refractivity contribution in [3.8, 4) is 0 Å². The molecule has 0 saturated carbocycles. The Morgan fingerprint density at radius 2 is 1.94 bits per heavy atom. The summed E-state index contributed by atoms with van der Waals surface area (Å²) in [5.41, 5.74) is 5.05. The molecule has 1 rings (SSSR count). The molecule has 6 heteroatoms. The minimum Gasteiger partial charge on any atom is -0.381 e. The Morgan fingerprint density at radius 1 is 1.31 bits per heavy atom. The van der Waals surface area contributed by atoms with E-state index in [-0.39, 0.29) is 18.4 Å². The van der Waals surface area contributed by atoms with Gasteiger partial charge in [-0.15, -0.1) is 0 Å². The van der Waals surface area contributed by atoms with Gasteiger partial charge < -0.3 is 21.1 Å². The molecular formula is C10H19N3O3. The molecule has 0 aromatic heterocycles. The number of nitrogens with one attached hydrogen (secondary N) is 2. The van der Waals surface area contributed by atoms with Crippen LogP contribution >= 0.6 is 0 Å². The summed E-state index contributed by atoms with van der Waals surface area (Å²) in [6.45, 7) is 3.33. The lowest BCUT2D eigenvalue weighted by atomic mass is 9.90. The summed E-state index contributed by atoms with van der Waals surface area (Å²) < 4.78 is 5.14. The topological polar surface area (TPSA) is 93.5 Å². The first-order valence-corrected chi connectivity index (χ1v) is 5.50. The highest BCUT2D eigenvalue weighted by atomic mass is 16.5. The largest absolute Gasteiger partial charge is 0.381 e. The molecule has 0 unspecified atom stereocenters. The Morgan fingerprint density at radius 3 is 2.50 bits per heavy atom. The van der Waals surface area contributed by atoms with Gasteiger partial charge in [0.1, 0.15) is 0 Å². The van der Waals surface area contributed by atoms with E-state index in [0.29, 0.717) is 32.6 Å². The van der Waals surface area contributed by atoms with E-state index < -0.39 is 5.54 Å². The van der Waals surface area contributed by atoms with Crippen molar-refractivity contribution in [1.82, 2.24) is 10.6 Å². The van der Waals surface area contributed by atoms with Crippen LogP contribution in [-0.2, 0) is 14.3 Å². The third kappa shape index (κ3) is 3.46. The number of nitrogens with two attached hydrogens (primary N) is 1. The van der Waals surface area contributed by atoms with Gasteiger partial charge in [0.05, 0.1) is 12.1 Å². The number of carbonyl (C=O) groups excluding carboxylic acids is 2. The molecule has 0 radical (unpaired) electrons. The van der Waals surface area contributed by atoms with Crippen LogP contribution in [0.25, 0.3) is 0 Å². The maximum Gasteiger partial charge on any atom is 0.240 e. The van der Waals surface area contributed by atoms with Gasteiger partial charge in [-0.2, -0.15) is 0 Å². The molecule has 0 aromatic carbocycles. The van der Waals surface area contributed by atoms with Crippen LogP contribution in [0.2, 0.25) is 0 Å². The fourth-order valence-electron chi connectivity index (χ4n) is 1.56. The van der Waals surface area contributed by atoms with Gasteiger partial charge in [-0.3, -0.25) is 9.59 Å². The average Bonchev–Trinajstić information content (AvgIpc) is 2.27. The Kier molecular flexibility index (Phi) is 4.70. The number of carbonyl (C=O) groups is 2. The van der Waals surface area contributed by atoms with Crippen molar-refractivity contribution in [2.45, 2.75) is 25.3 Å². The number of amides is 2. The minimum absolute atomic E-state index is 0.0213. The van der Waals surface area contributed by atoms with Crippen molar-refractivity contribution in [2.75, 3.05) is 26.3 Å². The van der Waals surface area contributed by atoms with Crippen LogP contribution in [0.5, 0.6) is 0 Å². The monoisotopic (exact) mass is 229 g/mol. The number of rotatable bonds is 4. The fraction of sp³-hybridized carbons (Fsp3) is 0.800. The number of hydrogen-bond donors (Lipinski definition) is 3. The van der Waals surface area contributed by atoms with Crippen molar-refractivity contribution in [3.05, 3.63) is 0 Å². The second-order valence-corrected chi connectivity index (χ2v) is 3.90. The molecule has 1 aliphatic heterocycles. The molecule has 0 atom stereocenters. The second-order valence-electron chi connectivity index (χ2n) is 3.90. The molecule has 0 aromatic rings. The maximum atomic E-state index is 11.8. The van der Waals surface area contributed by atoms with Gasteiger partial charge in [0.15, 0.2) is 0 Å². The molecule has 0 bridgehead atoms. The molecule has 0 aliphatic carbocycles. The van der Waals surface area contributed by atoms with Crippen LogP contribution in [0.3, 0.4) is 0 Å².